The molecule has 0 aliphatic rings. The minimum absolute atomic E-state index is 0.223. The number of aromatic nitrogens is 3. The Bertz CT molecular complexity index is 581. The van der Waals surface area contributed by atoms with Gasteiger partial charge in [0.15, 0.2) is 4.34 Å². The van der Waals surface area contributed by atoms with Gasteiger partial charge in [-0.15, -0.1) is 5.10 Å². The van der Waals surface area contributed by atoms with E-state index in [0.29, 0.717) is 4.96 Å². The van der Waals surface area contributed by atoms with Crippen molar-refractivity contribution < 1.29 is 0 Å². The number of hydrogen-bond acceptors (Lipinski definition) is 5. The Kier molecular flexibility index (Phi) is 5.03. The number of fused-ring (bicyclic) bond motifs is 1. The molecule has 0 saturated heterocycles. The van der Waals surface area contributed by atoms with Crippen LogP contribution in [0.4, 0.5) is 0 Å². The Balaban J connectivity index is 2.02. The molecule has 0 spiro atoms. The van der Waals surface area contributed by atoms with E-state index in [9.17, 15) is 4.79 Å². The van der Waals surface area contributed by atoms with E-state index in [1.807, 2.05) is 0 Å². The lowest BCUT2D eigenvalue weighted by Gasteiger charge is -1.96. The summed E-state index contributed by atoms with van der Waals surface area (Å²) in [5, 5.41) is 4.46. The largest absolute Gasteiger partial charge is 0.276 e. The molecule has 0 aliphatic heterocycles. The lowest BCUT2D eigenvalue weighted by molar-refractivity contribution is 0.706. The standard InChI is InChI=1S/C11H14ClN3OS2/c1-2-3-4-5-6-17-11-14-15-9(16)7-8(12)13-10(15)18-11/h7H,2-6H2,1H3. The molecule has 0 aliphatic carbocycles. The molecule has 98 valence electrons. The molecule has 0 atom stereocenters. The summed E-state index contributed by atoms with van der Waals surface area (Å²) < 4.78 is 2.18. The molecule has 2 aromatic rings. The van der Waals surface area contributed by atoms with Crippen LogP contribution in [0.2, 0.25) is 5.15 Å². The second-order valence-electron chi connectivity index (χ2n) is 3.89. The molecular formula is C11H14ClN3OS2. The Labute approximate surface area is 118 Å². The van der Waals surface area contributed by atoms with Crippen molar-refractivity contribution in [1.82, 2.24) is 14.6 Å². The fourth-order valence-electron chi connectivity index (χ4n) is 1.51. The van der Waals surface area contributed by atoms with E-state index >= 15 is 0 Å². The highest BCUT2D eigenvalue weighted by atomic mass is 35.5. The number of unbranched alkanes of at least 4 members (excludes halogenated alkanes) is 3. The van der Waals surface area contributed by atoms with Crippen molar-refractivity contribution in [3.05, 3.63) is 21.6 Å². The van der Waals surface area contributed by atoms with Gasteiger partial charge in [0.05, 0.1) is 0 Å². The molecule has 2 heterocycles. The van der Waals surface area contributed by atoms with Crippen LogP contribution in [0, 0.1) is 0 Å². The normalized spacial score (nSPS) is 11.2. The Hall–Kier alpha value is -0.590. The van der Waals surface area contributed by atoms with Gasteiger partial charge in [-0.1, -0.05) is 60.9 Å². The summed E-state index contributed by atoms with van der Waals surface area (Å²) in [5.41, 5.74) is -0.223. The van der Waals surface area contributed by atoms with E-state index in [2.05, 4.69) is 17.0 Å². The topological polar surface area (TPSA) is 47.3 Å². The molecule has 0 aromatic carbocycles. The molecule has 4 nitrogen and oxygen atoms in total. The summed E-state index contributed by atoms with van der Waals surface area (Å²) in [6, 6.07) is 1.28. The Morgan fingerprint density at radius 2 is 2.28 bits per heavy atom. The van der Waals surface area contributed by atoms with E-state index < -0.39 is 0 Å². The average molecular weight is 304 g/mol. The zero-order valence-electron chi connectivity index (χ0n) is 10.1. The minimum atomic E-state index is -0.223. The maximum atomic E-state index is 11.6. The third-order valence-corrected chi connectivity index (χ3v) is 4.74. The van der Waals surface area contributed by atoms with E-state index in [4.69, 9.17) is 11.6 Å². The zero-order chi connectivity index (χ0) is 13.0. The van der Waals surface area contributed by atoms with Crippen LogP contribution < -0.4 is 5.56 Å². The highest BCUT2D eigenvalue weighted by molar-refractivity contribution is 8.01. The highest BCUT2D eigenvalue weighted by Crippen LogP contribution is 2.24. The molecule has 7 heteroatoms. The Morgan fingerprint density at radius 3 is 3.06 bits per heavy atom. The molecule has 2 rings (SSSR count). The fraction of sp³-hybridized carbons (Fsp3) is 0.545. The highest BCUT2D eigenvalue weighted by Gasteiger charge is 2.08. The first-order chi connectivity index (χ1) is 8.70. The van der Waals surface area contributed by atoms with Crippen molar-refractivity contribution in [2.45, 2.75) is 36.9 Å². The number of rotatable bonds is 6. The van der Waals surface area contributed by atoms with Crippen LogP contribution in [-0.2, 0) is 0 Å². The summed E-state index contributed by atoms with van der Waals surface area (Å²) in [6.45, 7) is 2.20. The van der Waals surface area contributed by atoms with Crippen LogP contribution in [0.25, 0.3) is 4.96 Å². The van der Waals surface area contributed by atoms with Crippen LogP contribution in [0.5, 0.6) is 0 Å². The van der Waals surface area contributed by atoms with Gasteiger partial charge < -0.3 is 0 Å². The molecule has 0 bridgehead atoms. The third-order valence-electron chi connectivity index (χ3n) is 2.42. The molecule has 0 radical (unpaired) electrons. The van der Waals surface area contributed by atoms with Gasteiger partial charge >= 0.3 is 0 Å². The molecule has 18 heavy (non-hydrogen) atoms. The number of thioether (sulfide) groups is 1. The number of nitrogens with zero attached hydrogens (tertiary/aromatic N) is 3. The summed E-state index contributed by atoms with van der Waals surface area (Å²) in [4.78, 5) is 16.2. The van der Waals surface area contributed by atoms with Gasteiger partial charge in [-0.2, -0.15) is 4.52 Å². The van der Waals surface area contributed by atoms with Gasteiger partial charge in [-0.25, -0.2) is 4.98 Å². The van der Waals surface area contributed by atoms with Gasteiger partial charge in [-0.05, 0) is 6.42 Å². The predicted molar refractivity (Wildman–Crippen MR) is 77.0 cm³/mol. The van der Waals surface area contributed by atoms with Gasteiger partial charge in [-0.3, -0.25) is 4.79 Å². The summed E-state index contributed by atoms with van der Waals surface area (Å²) in [7, 11) is 0. The molecule has 0 saturated carbocycles. The predicted octanol–water partition coefficient (Wildman–Crippen LogP) is 3.48. The van der Waals surface area contributed by atoms with Crippen molar-refractivity contribution in [3.63, 3.8) is 0 Å². The molecular weight excluding hydrogens is 290 g/mol. The van der Waals surface area contributed by atoms with E-state index in [-0.39, 0.29) is 10.7 Å². The quantitative estimate of drug-likeness (QED) is 0.466. The first-order valence-corrected chi connectivity index (χ1v) is 8.08. The fourth-order valence-corrected chi connectivity index (χ4v) is 3.75. The van der Waals surface area contributed by atoms with Gasteiger partial charge in [0.25, 0.3) is 5.56 Å². The Morgan fingerprint density at radius 1 is 1.44 bits per heavy atom. The van der Waals surface area contributed by atoms with Crippen LogP contribution in [0.15, 0.2) is 15.2 Å². The maximum absolute atomic E-state index is 11.6. The number of halogens is 1. The lowest BCUT2D eigenvalue weighted by atomic mass is 10.2. The van der Waals surface area contributed by atoms with E-state index in [0.717, 1.165) is 10.1 Å². The van der Waals surface area contributed by atoms with Gasteiger partial charge in [0.1, 0.15) is 5.15 Å². The van der Waals surface area contributed by atoms with Gasteiger partial charge in [0.2, 0.25) is 4.96 Å². The van der Waals surface area contributed by atoms with Crippen molar-refractivity contribution in [1.29, 1.82) is 0 Å². The van der Waals surface area contributed by atoms with Crippen molar-refractivity contribution in [3.8, 4) is 0 Å². The van der Waals surface area contributed by atoms with Gasteiger partial charge in [0, 0.05) is 11.8 Å². The summed E-state index contributed by atoms with van der Waals surface area (Å²) >= 11 is 8.83. The average Bonchev–Trinajstić information content (AvgIpc) is 2.72. The smallest absolute Gasteiger partial charge is 0.267 e. The molecule has 0 fully saturated rings. The first kappa shape index (κ1) is 13.8. The van der Waals surface area contributed by atoms with Crippen molar-refractivity contribution in [2.75, 3.05) is 5.75 Å². The molecule has 0 N–H and O–H groups in total. The van der Waals surface area contributed by atoms with Crippen LogP contribution in [-0.4, -0.2) is 20.4 Å². The molecule has 2 aromatic heterocycles. The second kappa shape index (κ2) is 6.54. The van der Waals surface area contributed by atoms with E-state index in [1.54, 1.807) is 11.8 Å². The summed E-state index contributed by atoms with van der Waals surface area (Å²) in [5.74, 6) is 1.03. The van der Waals surface area contributed by atoms with Crippen molar-refractivity contribution in [2.24, 2.45) is 0 Å². The SMILES string of the molecule is CCCCCCSc1nn2c(=O)cc(Cl)nc2s1. The molecule has 0 amide bonds. The second-order valence-corrected chi connectivity index (χ2v) is 6.57. The third kappa shape index (κ3) is 3.46. The van der Waals surface area contributed by atoms with E-state index in [1.165, 1.54) is 47.6 Å². The van der Waals surface area contributed by atoms with Crippen molar-refractivity contribution >= 4 is 39.7 Å². The zero-order valence-corrected chi connectivity index (χ0v) is 12.4. The molecule has 0 unspecified atom stereocenters. The lowest BCUT2D eigenvalue weighted by Crippen LogP contribution is -2.13. The minimum Gasteiger partial charge on any atom is -0.267 e. The summed E-state index contributed by atoms with van der Waals surface area (Å²) in [6.07, 6.45) is 4.94. The maximum Gasteiger partial charge on any atom is 0.276 e. The van der Waals surface area contributed by atoms with Crippen LogP contribution >= 0.6 is 34.7 Å². The first-order valence-electron chi connectivity index (χ1n) is 5.90. The van der Waals surface area contributed by atoms with Crippen LogP contribution in [0.1, 0.15) is 32.6 Å². The monoisotopic (exact) mass is 303 g/mol. The number of hydrogen-bond donors (Lipinski definition) is 0. The van der Waals surface area contributed by atoms with Crippen LogP contribution in [0.3, 0.4) is 0 Å².